The fraction of sp³-hybridized carbons (Fsp3) is 0.0625. The Kier molecular flexibility index (Phi) is 5.73. The molecule has 1 N–H and O–H groups in total. The van der Waals surface area contributed by atoms with Gasteiger partial charge in [-0.3, -0.25) is 10.1 Å². The highest BCUT2D eigenvalue weighted by Gasteiger charge is 2.07. The quantitative estimate of drug-likeness (QED) is 0.385. The zero-order valence-electron chi connectivity index (χ0n) is 12.3. The van der Waals surface area contributed by atoms with Crippen molar-refractivity contribution in [3.8, 4) is 0 Å². The van der Waals surface area contributed by atoms with Crippen molar-refractivity contribution in [2.75, 3.05) is 5.32 Å². The van der Waals surface area contributed by atoms with E-state index in [2.05, 4.69) is 15.5 Å². The molecule has 0 bridgehead atoms. The molecule has 8 heteroatoms. The van der Waals surface area contributed by atoms with Crippen molar-refractivity contribution in [1.82, 2.24) is 10.2 Å². The number of amides is 1. The molecule has 0 radical (unpaired) electrons. The zero-order valence-corrected chi connectivity index (χ0v) is 14.8. The van der Waals surface area contributed by atoms with E-state index in [0.29, 0.717) is 10.9 Å². The Morgan fingerprint density at radius 3 is 2.83 bits per heavy atom. The van der Waals surface area contributed by atoms with Crippen molar-refractivity contribution < 1.29 is 9.18 Å². The molecule has 2 aromatic heterocycles. The number of rotatable bonds is 6. The van der Waals surface area contributed by atoms with Gasteiger partial charge in [-0.2, -0.15) is 0 Å². The lowest BCUT2D eigenvalue weighted by Crippen LogP contribution is -2.07. The molecule has 122 valence electrons. The predicted molar refractivity (Wildman–Crippen MR) is 97.9 cm³/mol. The summed E-state index contributed by atoms with van der Waals surface area (Å²) in [4.78, 5) is 12.8. The summed E-state index contributed by atoms with van der Waals surface area (Å²) in [7, 11) is 0. The van der Waals surface area contributed by atoms with E-state index in [1.807, 2.05) is 17.5 Å². The van der Waals surface area contributed by atoms with Gasteiger partial charge in [0.05, 0.1) is 0 Å². The minimum absolute atomic E-state index is 0.241. The number of nitrogens with one attached hydrogen (secondary N) is 1. The van der Waals surface area contributed by atoms with Crippen LogP contribution in [0.25, 0.3) is 6.08 Å². The molecule has 0 aliphatic rings. The van der Waals surface area contributed by atoms with Gasteiger partial charge in [-0.25, -0.2) is 4.39 Å². The van der Waals surface area contributed by atoms with Crippen LogP contribution in [0, 0.1) is 5.82 Å². The minimum atomic E-state index is -0.250. The molecule has 3 aromatic rings. The van der Waals surface area contributed by atoms with E-state index in [9.17, 15) is 9.18 Å². The number of aromatic nitrogens is 2. The van der Waals surface area contributed by atoms with Crippen molar-refractivity contribution in [2.45, 2.75) is 10.1 Å². The molecule has 0 aliphatic heterocycles. The first-order valence-corrected chi connectivity index (χ1v) is 9.60. The second kappa shape index (κ2) is 8.18. The molecule has 2 heterocycles. The molecule has 1 amide bonds. The molecule has 0 atom stereocenters. The van der Waals surface area contributed by atoms with E-state index in [4.69, 9.17) is 0 Å². The summed E-state index contributed by atoms with van der Waals surface area (Å²) in [6, 6.07) is 10.2. The molecule has 3 rings (SSSR count). The molecule has 4 nitrogen and oxygen atoms in total. The van der Waals surface area contributed by atoms with Crippen LogP contribution in [0.5, 0.6) is 0 Å². The van der Waals surface area contributed by atoms with E-state index in [1.54, 1.807) is 29.5 Å². The lowest BCUT2D eigenvalue weighted by Gasteiger charge is -1.97. The highest BCUT2D eigenvalue weighted by atomic mass is 32.2. The molecular formula is C16H12FN3OS3. The van der Waals surface area contributed by atoms with Crippen molar-refractivity contribution in [1.29, 1.82) is 0 Å². The van der Waals surface area contributed by atoms with Gasteiger partial charge in [0.2, 0.25) is 11.0 Å². The number of halogens is 1. The Morgan fingerprint density at radius 2 is 2.08 bits per heavy atom. The first-order chi connectivity index (χ1) is 11.7. The van der Waals surface area contributed by atoms with Gasteiger partial charge >= 0.3 is 0 Å². The third-order valence-corrected chi connectivity index (χ3v) is 5.74. The normalized spacial score (nSPS) is 11.0. The second-order valence-corrected chi connectivity index (χ2v) is 7.81. The third-order valence-electron chi connectivity index (χ3n) is 2.85. The first-order valence-electron chi connectivity index (χ1n) is 6.92. The number of nitrogens with zero attached hydrogens (tertiary/aromatic N) is 2. The molecular weight excluding hydrogens is 365 g/mol. The van der Waals surface area contributed by atoms with Gasteiger partial charge in [0.15, 0.2) is 4.34 Å². The van der Waals surface area contributed by atoms with Crippen LogP contribution in [0.15, 0.2) is 52.2 Å². The highest BCUT2D eigenvalue weighted by Crippen LogP contribution is 2.28. The molecule has 24 heavy (non-hydrogen) atoms. The Hall–Kier alpha value is -2.03. The van der Waals surface area contributed by atoms with E-state index in [-0.39, 0.29) is 11.7 Å². The monoisotopic (exact) mass is 377 g/mol. The smallest absolute Gasteiger partial charge is 0.250 e. The summed E-state index contributed by atoms with van der Waals surface area (Å²) >= 11 is 4.37. The number of thiophene rings is 1. The summed E-state index contributed by atoms with van der Waals surface area (Å²) < 4.78 is 13.6. The lowest BCUT2D eigenvalue weighted by molar-refractivity contribution is -0.111. The summed E-state index contributed by atoms with van der Waals surface area (Å²) in [5.74, 6) is 0.177. The maximum atomic E-state index is 12.9. The average Bonchev–Trinajstić information content (AvgIpc) is 3.24. The van der Waals surface area contributed by atoms with Gasteiger partial charge in [-0.05, 0) is 35.2 Å². The summed E-state index contributed by atoms with van der Waals surface area (Å²) in [6.45, 7) is 0. The Balaban J connectivity index is 1.51. The van der Waals surface area contributed by atoms with Gasteiger partial charge in [-0.15, -0.1) is 21.5 Å². The fourth-order valence-electron chi connectivity index (χ4n) is 1.74. The molecule has 0 fully saturated rings. The van der Waals surface area contributed by atoms with Gasteiger partial charge in [0.25, 0.3) is 0 Å². The summed E-state index contributed by atoms with van der Waals surface area (Å²) in [5, 5.41) is 13.1. The van der Waals surface area contributed by atoms with Crippen molar-refractivity contribution >= 4 is 51.6 Å². The highest BCUT2D eigenvalue weighted by molar-refractivity contribution is 8.00. The van der Waals surface area contributed by atoms with Gasteiger partial charge in [-0.1, -0.05) is 41.3 Å². The van der Waals surface area contributed by atoms with E-state index < -0.39 is 0 Å². The average molecular weight is 377 g/mol. The SMILES string of the molecule is O=C(/C=C/c1cccs1)Nc1nnc(SCc2ccc(F)cc2)s1. The fourth-order valence-corrected chi connectivity index (χ4v) is 4.06. The molecule has 0 saturated carbocycles. The van der Waals surface area contributed by atoms with Crippen LogP contribution in [-0.2, 0) is 10.5 Å². The van der Waals surface area contributed by atoms with Crippen LogP contribution >= 0.6 is 34.4 Å². The van der Waals surface area contributed by atoms with Gasteiger partial charge < -0.3 is 0 Å². The van der Waals surface area contributed by atoms with Crippen LogP contribution < -0.4 is 5.32 Å². The number of hydrogen-bond donors (Lipinski definition) is 1. The van der Waals surface area contributed by atoms with Crippen LogP contribution in [0.2, 0.25) is 0 Å². The lowest BCUT2D eigenvalue weighted by atomic mass is 10.2. The molecule has 0 saturated heterocycles. The number of anilines is 1. The Bertz CT molecular complexity index is 829. The topological polar surface area (TPSA) is 54.9 Å². The van der Waals surface area contributed by atoms with E-state index in [0.717, 1.165) is 14.8 Å². The van der Waals surface area contributed by atoms with Crippen molar-refractivity contribution in [2.24, 2.45) is 0 Å². The third kappa shape index (κ3) is 4.98. The van der Waals surface area contributed by atoms with Crippen molar-refractivity contribution in [3.05, 3.63) is 64.1 Å². The number of benzene rings is 1. The zero-order chi connectivity index (χ0) is 16.8. The summed E-state index contributed by atoms with van der Waals surface area (Å²) in [6.07, 6.45) is 3.23. The number of carbonyl (C=O) groups is 1. The molecule has 0 aliphatic carbocycles. The van der Waals surface area contributed by atoms with Gasteiger partial charge in [0.1, 0.15) is 5.82 Å². The van der Waals surface area contributed by atoms with E-state index in [1.165, 1.54) is 41.3 Å². The van der Waals surface area contributed by atoms with Crippen LogP contribution in [-0.4, -0.2) is 16.1 Å². The van der Waals surface area contributed by atoms with Gasteiger partial charge in [0, 0.05) is 16.7 Å². The molecule has 0 spiro atoms. The second-order valence-electron chi connectivity index (χ2n) is 4.63. The maximum Gasteiger partial charge on any atom is 0.250 e. The van der Waals surface area contributed by atoms with Crippen molar-refractivity contribution in [3.63, 3.8) is 0 Å². The number of hydrogen-bond acceptors (Lipinski definition) is 6. The molecule has 1 aromatic carbocycles. The predicted octanol–water partition coefficient (Wildman–Crippen LogP) is 4.68. The van der Waals surface area contributed by atoms with Crippen LogP contribution in [0.4, 0.5) is 9.52 Å². The number of carbonyl (C=O) groups excluding carboxylic acids is 1. The Labute approximate surface area is 150 Å². The van der Waals surface area contributed by atoms with Crippen LogP contribution in [0.3, 0.4) is 0 Å². The largest absolute Gasteiger partial charge is 0.297 e. The standard InChI is InChI=1S/C16H12FN3OS3/c17-12-5-3-11(4-6-12)10-23-16-20-19-15(24-16)18-14(21)8-7-13-2-1-9-22-13/h1-9H,10H2,(H,18,19,21)/b8-7+. The van der Waals surface area contributed by atoms with E-state index >= 15 is 0 Å². The maximum absolute atomic E-state index is 12.9. The Morgan fingerprint density at radius 1 is 1.25 bits per heavy atom. The summed E-state index contributed by atoms with van der Waals surface area (Å²) in [5.41, 5.74) is 1.00. The molecule has 0 unspecified atom stereocenters. The van der Waals surface area contributed by atoms with Crippen LogP contribution in [0.1, 0.15) is 10.4 Å². The first kappa shape index (κ1) is 16.8. The minimum Gasteiger partial charge on any atom is -0.297 e. The number of thioether (sulfide) groups is 1.